The fraction of sp³-hybridized carbons (Fsp3) is 0.143. The summed E-state index contributed by atoms with van der Waals surface area (Å²) >= 11 is 0. The van der Waals surface area contributed by atoms with E-state index in [2.05, 4.69) is 10.3 Å². The van der Waals surface area contributed by atoms with Crippen molar-refractivity contribution in [2.24, 2.45) is 0 Å². The van der Waals surface area contributed by atoms with Gasteiger partial charge in [0, 0.05) is 41.3 Å². The average Bonchev–Trinajstić information content (AvgIpc) is 3.31. The molecule has 130 valence electrons. The summed E-state index contributed by atoms with van der Waals surface area (Å²) in [6.07, 6.45) is 3.93. The van der Waals surface area contributed by atoms with Crippen LogP contribution in [-0.2, 0) is 0 Å². The van der Waals surface area contributed by atoms with E-state index in [1.807, 2.05) is 79.3 Å². The quantitative estimate of drug-likeness (QED) is 0.566. The van der Waals surface area contributed by atoms with Gasteiger partial charge in [0.15, 0.2) is 11.5 Å². The number of carbonyl (C=O) groups is 1. The summed E-state index contributed by atoms with van der Waals surface area (Å²) in [5, 5.41) is 2.91. The van der Waals surface area contributed by atoms with Crippen LogP contribution in [-0.4, -0.2) is 15.5 Å². The molecular formula is C21H19N3O2. The van der Waals surface area contributed by atoms with E-state index >= 15 is 0 Å². The minimum Gasteiger partial charge on any atom is -0.440 e. The molecule has 4 rings (SSSR count). The second-order valence-corrected chi connectivity index (χ2v) is 6.48. The molecule has 0 atom stereocenters. The number of fused-ring (bicyclic) bond motifs is 1. The fourth-order valence-corrected chi connectivity index (χ4v) is 2.76. The molecule has 2 aromatic heterocycles. The van der Waals surface area contributed by atoms with Crippen LogP contribution in [0.15, 0.2) is 71.4 Å². The molecule has 5 nitrogen and oxygen atoms in total. The Bertz CT molecular complexity index is 1040. The molecule has 0 spiro atoms. The molecule has 4 aromatic rings. The van der Waals surface area contributed by atoms with Crippen LogP contribution in [0, 0.1) is 0 Å². The SMILES string of the molecule is CC(C)c1nc2ccc(NC(=O)c3ccc(-n4cccc4)cc3)cc2o1. The largest absolute Gasteiger partial charge is 0.440 e. The Kier molecular flexibility index (Phi) is 4.05. The Morgan fingerprint density at radius 3 is 2.50 bits per heavy atom. The number of nitrogens with zero attached hydrogens (tertiary/aromatic N) is 2. The first kappa shape index (κ1) is 16.1. The van der Waals surface area contributed by atoms with Crippen LogP contribution in [0.2, 0.25) is 0 Å². The highest BCUT2D eigenvalue weighted by Gasteiger charge is 2.11. The van der Waals surface area contributed by atoms with Gasteiger partial charge < -0.3 is 14.3 Å². The lowest BCUT2D eigenvalue weighted by atomic mass is 10.2. The van der Waals surface area contributed by atoms with Gasteiger partial charge in [0.05, 0.1) is 0 Å². The van der Waals surface area contributed by atoms with Gasteiger partial charge in [-0.1, -0.05) is 13.8 Å². The summed E-state index contributed by atoms with van der Waals surface area (Å²) in [5.41, 5.74) is 3.76. The van der Waals surface area contributed by atoms with Gasteiger partial charge >= 0.3 is 0 Å². The van der Waals surface area contributed by atoms with E-state index in [0.717, 1.165) is 11.2 Å². The molecule has 0 aliphatic rings. The maximum absolute atomic E-state index is 12.5. The molecule has 0 aliphatic heterocycles. The number of nitrogens with one attached hydrogen (secondary N) is 1. The predicted octanol–water partition coefficient (Wildman–Crippen LogP) is 4.99. The highest BCUT2D eigenvalue weighted by Crippen LogP contribution is 2.24. The molecule has 0 fully saturated rings. The van der Waals surface area contributed by atoms with Gasteiger partial charge in [0.2, 0.25) is 0 Å². The second kappa shape index (κ2) is 6.52. The van der Waals surface area contributed by atoms with Crippen LogP contribution in [0.4, 0.5) is 5.69 Å². The number of hydrogen-bond acceptors (Lipinski definition) is 3. The third kappa shape index (κ3) is 3.11. The molecule has 26 heavy (non-hydrogen) atoms. The zero-order valence-electron chi connectivity index (χ0n) is 14.6. The van der Waals surface area contributed by atoms with Gasteiger partial charge in [0.1, 0.15) is 5.52 Å². The predicted molar refractivity (Wildman–Crippen MR) is 102 cm³/mol. The number of rotatable bonds is 4. The maximum atomic E-state index is 12.5. The van der Waals surface area contributed by atoms with Gasteiger partial charge in [-0.15, -0.1) is 0 Å². The Labute approximate surface area is 151 Å². The van der Waals surface area contributed by atoms with Crippen LogP contribution >= 0.6 is 0 Å². The van der Waals surface area contributed by atoms with Crippen molar-refractivity contribution in [1.82, 2.24) is 9.55 Å². The summed E-state index contributed by atoms with van der Waals surface area (Å²) in [4.78, 5) is 16.9. The molecular weight excluding hydrogens is 326 g/mol. The monoisotopic (exact) mass is 345 g/mol. The van der Waals surface area contributed by atoms with Gasteiger partial charge in [-0.25, -0.2) is 4.98 Å². The fourth-order valence-electron chi connectivity index (χ4n) is 2.76. The number of amides is 1. The van der Waals surface area contributed by atoms with Gasteiger partial charge in [0.25, 0.3) is 5.91 Å². The van der Waals surface area contributed by atoms with Crippen molar-refractivity contribution in [3.8, 4) is 5.69 Å². The van der Waals surface area contributed by atoms with E-state index in [1.54, 1.807) is 6.07 Å². The lowest BCUT2D eigenvalue weighted by molar-refractivity contribution is 0.102. The smallest absolute Gasteiger partial charge is 0.255 e. The highest BCUT2D eigenvalue weighted by atomic mass is 16.3. The Hall–Kier alpha value is -3.34. The molecule has 0 radical (unpaired) electrons. The van der Waals surface area contributed by atoms with Crippen molar-refractivity contribution >= 4 is 22.7 Å². The first-order valence-corrected chi connectivity index (χ1v) is 8.55. The Balaban J connectivity index is 1.53. The number of aromatic nitrogens is 2. The van der Waals surface area contributed by atoms with Crippen LogP contribution in [0.1, 0.15) is 36.0 Å². The summed E-state index contributed by atoms with van der Waals surface area (Å²) in [6.45, 7) is 4.07. The number of carbonyl (C=O) groups excluding carboxylic acids is 1. The molecule has 1 amide bonds. The molecule has 5 heteroatoms. The van der Waals surface area contributed by atoms with E-state index in [4.69, 9.17) is 4.42 Å². The summed E-state index contributed by atoms with van der Waals surface area (Å²) in [7, 11) is 0. The normalized spacial score (nSPS) is 11.2. The van der Waals surface area contributed by atoms with Crippen molar-refractivity contribution in [3.05, 3.63) is 78.4 Å². The van der Waals surface area contributed by atoms with E-state index in [-0.39, 0.29) is 11.8 Å². The molecule has 0 aliphatic carbocycles. The van der Waals surface area contributed by atoms with E-state index in [1.165, 1.54) is 0 Å². The van der Waals surface area contributed by atoms with Gasteiger partial charge in [-0.3, -0.25) is 4.79 Å². The van der Waals surface area contributed by atoms with Crippen molar-refractivity contribution in [2.75, 3.05) is 5.32 Å². The van der Waals surface area contributed by atoms with Crippen molar-refractivity contribution in [3.63, 3.8) is 0 Å². The molecule has 0 saturated heterocycles. The van der Waals surface area contributed by atoms with Gasteiger partial charge in [-0.05, 0) is 48.5 Å². The number of benzene rings is 2. The Morgan fingerprint density at radius 2 is 1.81 bits per heavy atom. The summed E-state index contributed by atoms with van der Waals surface area (Å²) in [6, 6.07) is 16.9. The highest BCUT2D eigenvalue weighted by molar-refractivity contribution is 6.05. The molecule has 0 unspecified atom stereocenters. The summed E-state index contributed by atoms with van der Waals surface area (Å²) in [5.74, 6) is 0.760. The molecule has 1 N–H and O–H groups in total. The van der Waals surface area contributed by atoms with Crippen molar-refractivity contribution < 1.29 is 9.21 Å². The van der Waals surface area contributed by atoms with Crippen molar-refractivity contribution in [2.45, 2.75) is 19.8 Å². The first-order chi connectivity index (χ1) is 12.6. The summed E-state index contributed by atoms with van der Waals surface area (Å²) < 4.78 is 7.74. The van der Waals surface area contributed by atoms with E-state index < -0.39 is 0 Å². The standard InChI is InChI=1S/C21H19N3O2/c1-14(2)21-23-18-10-7-16(13-19(18)26-21)22-20(25)15-5-8-17(9-6-15)24-11-3-4-12-24/h3-14H,1-2H3,(H,22,25). The average molecular weight is 345 g/mol. The molecule has 2 heterocycles. The van der Waals surface area contributed by atoms with E-state index in [0.29, 0.717) is 22.7 Å². The molecule has 2 aromatic carbocycles. The zero-order valence-corrected chi connectivity index (χ0v) is 14.6. The first-order valence-electron chi connectivity index (χ1n) is 8.55. The lowest BCUT2D eigenvalue weighted by Crippen LogP contribution is -2.11. The number of oxazole rings is 1. The molecule has 0 bridgehead atoms. The maximum Gasteiger partial charge on any atom is 0.255 e. The minimum absolute atomic E-state index is 0.160. The minimum atomic E-state index is -0.160. The Morgan fingerprint density at radius 1 is 1.08 bits per heavy atom. The van der Waals surface area contributed by atoms with Crippen LogP contribution in [0.3, 0.4) is 0 Å². The zero-order chi connectivity index (χ0) is 18.1. The third-order valence-corrected chi connectivity index (χ3v) is 4.19. The van der Waals surface area contributed by atoms with Crippen LogP contribution < -0.4 is 5.32 Å². The van der Waals surface area contributed by atoms with Crippen LogP contribution in [0.5, 0.6) is 0 Å². The van der Waals surface area contributed by atoms with Gasteiger partial charge in [-0.2, -0.15) is 0 Å². The number of hydrogen-bond donors (Lipinski definition) is 1. The number of anilines is 1. The van der Waals surface area contributed by atoms with E-state index in [9.17, 15) is 4.79 Å². The van der Waals surface area contributed by atoms with Crippen molar-refractivity contribution in [1.29, 1.82) is 0 Å². The van der Waals surface area contributed by atoms with Crippen LogP contribution in [0.25, 0.3) is 16.8 Å². The molecule has 0 saturated carbocycles. The third-order valence-electron chi connectivity index (χ3n) is 4.19. The second-order valence-electron chi connectivity index (χ2n) is 6.48. The lowest BCUT2D eigenvalue weighted by Gasteiger charge is -2.07. The topological polar surface area (TPSA) is 60.1 Å².